The number of aromatic hydroxyl groups is 1. The summed E-state index contributed by atoms with van der Waals surface area (Å²) in [5.41, 5.74) is 9.89. The fourth-order valence-corrected chi connectivity index (χ4v) is 6.46. The number of hydrogen-bond donors (Lipinski definition) is 1. The second-order valence-corrected chi connectivity index (χ2v) is 14.5. The molecule has 4 nitrogen and oxygen atoms in total. The van der Waals surface area contributed by atoms with Crippen LogP contribution in [-0.4, -0.2) is 15.1 Å². The molecule has 0 aliphatic heterocycles. The van der Waals surface area contributed by atoms with Gasteiger partial charge in [0.05, 0.1) is 5.69 Å². The Labute approximate surface area is 322 Å². The van der Waals surface area contributed by atoms with E-state index in [-0.39, 0.29) is 37.6 Å². The summed E-state index contributed by atoms with van der Waals surface area (Å²) in [6.45, 7) is 11.1. The standard InChI is InChI=1S/C47H42N3O.Pt/c1-46(2,3)38-27-35(28-40(31-38)50(39-21-13-8-14-22-39)45-23-15-16-26-48-45)42-29-34(33-17-9-6-10-18-33)30-43(49-42)41-32-37(24-25-44(41)51)47(4,5)36-19-11-7-12-20-36;/h6-27,29-32,51H,1-5H3;/q-1;. The van der Waals surface area contributed by atoms with Crippen LogP contribution in [0.15, 0.2) is 158 Å². The van der Waals surface area contributed by atoms with Gasteiger partial charge < -0.3 is 10.0 Å². The fraction of sp³-hybridized carbons (Fsp3) is 0.149. The first-order valence-corrected chi connectivity index (χ1v) is 17.4. The molecule has 0 radical (unpaired) electrons. The average molecular weight is 860 g/mol. The number of phenolic OH excluding ortho intramolecular Hbond substituents is 1. The Bertz CT molecular complexity index is 2230. The van der Waals surface area contributed by atoms with Crippen molar-refractivity contribution in [2.45, 2.75) is 45.4 Å². The number of pyridine rings is 2. The zero-order chi connectivity index (χ0) is 35.6. The van der Waals surface area contributed by atoms with Crippen LogP contribution in [0.3, 0.4) is 0 Å². The Kier molecular flexibility index (Phi) is 10.6. The van der Waals surface area contributed by atoms with Crippen LogP contribution in [0, 0.1) is 6.07 Å². The molecule has 0 spiro atoms. The van der Waals surface area contributed by atoms with Crippen LogP contribution in [0.4, 0.5) is 17.2 Å². The third-order valence-electron chi connectivity index (χ3n) is 9.55. The van der Waals surface area contributed by atoms with Crippen molar-refractivity contribution in [2.24, 2.45) is 0 Å². The van der Waals surface area contributed by atoms with Crippen molar-refractivity contribution in [3.05, 3.63) is 181 Å². The van der Waals surface area contributed by atoms with Crippen LogP contribution in [0.2, 0.25) is 0 Å². The number of phenols is 1. The van der Waals surface area contributed by atoms with Crippen LogP contribution in [0.1, 0.15) is 51.3 Å². The van der Waals surface area contributed by atoms with Crippen LogP contribution < -0.4 is 4.90 Å². The summed E-state index contributed by atoms with van der Waals surface area (Å²) in [4.78, 5) is 12.2. The van der Waals surface area contributed by atoms with E-state index in [0.29, 0.717) is 11.3 Å². The Morgan fingerprint density at radius 1 is 0.577 bits per heavy atom. The molecule has 0 amide bonds. The molecule has 0 aliphatic carbocycles. The van der Waals surface area contributed by atoms with Gasteiger partial charge in [0, 0.05) is 43.9 Å². The van der Waals surface area contributed by atoms with Crippen LogP contribution in [-0.2, 0) is 31.9 Å². The Balaban J connectivity index is 0.00000464. The zero-order valence-corrected chi connectivity index (χ0v) is 32.4. The van der Waals surface area contributed by atoms with Crippen molar-refractivity contribution in [1.82, 2.24) is 9.97 Å². The number of para-hydroxylation sites is 1. The van der Waals surface area contributed by atoms with Crippen molar-refractivity contribution >= 4 is 17.2 Å². The molecule has 2 heterocycles. The van der Waals surface area contributed by atoms with Crippen molar-refractivity contribution < 1.29 is 26.2 Å². The first-order chi connectivity index (χ1) is 24.6. The molecule has 0 fully saturated rings. The summed E-state index contributed by atoms with van der Waals surface area (Å²) in [6, 6.07) is 55.3. The molecule has 0 atom stereocenters. The summed E-state index contributed by atoms with van der Waals surface area (Å²) in [5.74, 6) is 0.983. The fourth-order valence-electron chi connectivity index (χ4n) is 6.46. The third kappa shape index (κ3) is 7.64. The van der Waals surface area contributed by atoms with Crippen molar-refractivity contribution in [3.63, 3.8) is 0 Å². The quantitative estimate of drug-likeness (QED) is 0.155. The minimum atomic E-state index is -0.292. The van der Waals surface area contributed by atoms with Gasteiger partial charge in [0.1, 0.15) is 11.6 Å². The molecular weight excluding hydrogens is 818 g/mol. The summed E-state index contributed by atoms with van der Waals surface area (Å²) < 4.78 is 0. The third-order valence-corrected chi connectivity index (χ3v) is 9.55. The number of hydrogen-bond acceptors (Lipinski definition) is 4. The molecule has 52 heavy (non-hydrogen) atoms. The van der Waals surface area contributed by atoms with Crippen LogP contribution in [0.25, 0.3) is 33.6 Å². The molecule has 0 saturated heterocycles. The SMILES string of the molecule is CC(C)(C)c1cc(-c2cc(-c3ccccc3)cc(-c3cc(C(C)(C)c4ccccc4)ccc3O)n2)[c-]c(N(c2ccccc2)c2ccccn2)c1.[Pt]. The maximum absolute atomic E-state index is 11.4. The minimum absolute atomic E-state index is 0. The molecule has 7 rings (SSSR count). The molecule has 2 aromatic heterocycles. The van der Waals surface area contributed by atoms with Gasteiger partial charge >= 0.3 is 0 Å². The monoisotopic (exact) mass is 859 g/mol. The van der Waals surface area contributed by atoms with E-state index in [0.717, 1.165) is 50.7 Å². The molecular formula is C47H42N3OPt-. The van der Waals surface area contributed by atoms with Crippen molar-refractivity contribution in [2.75, 3.05) is 4.90 Å². The van der Waals surface area contributed by atoms with E-state index in [1.54, 1.807) is 6.07 Å². The van der Waals surface area contributed by atoms with Gasteiger partial charge in [-0.05, 0) is 81.5 Å². The topological polar surface area (TPSA) is 49.3 Å². The number of rotatable bonds is 8. The first kappa shape index (κ1) is 36.5. The van der Waals surface area contributed by atoms with E-state index in [2.05, 4.69) is 124 Å². The number of nitrogens with zero attached hydrogens (tertiary/aromatic N) is 3. The Morgan fingerprint density at radius 2 is 1.21 bits per heavy atom. The average Bonchev–Trinajstić information content (AvgIpc) is 3.16. The Hall–Kier alpha value is -5.31. The van der Waals surface area contributed by atoms with E-state index in [9.17, 15) is 5.11 Å². The van der Waals surface area contributed by atoms with E-state index < -0.39 is 0 Å². The predicted molar refractivity (Wildman–Crippen MR) is 211 cm³/mol. The van der Waals surface area contributed by atoms with Crippen molar-refractivity contribution in [1.29, 1.82) is 0 Å². The molecule has 5 heteroatoms. The summed E-state index contributed by atoms with van der Waals surface area (Å²) in [6.07, 6.45) is 1.82. The van der Waals surface area contributed by atoms with Gasteiger partial charge in [0.15, 0.2) is 0 Å². The minimum Gasteiger partial charge on any atom is -0.507 e. The van der Waals surface area contributed by atoms with E-state index in [4.69, 9.17) is 9.97 Å². The van der Waals surface area contributed by atoms with E-state index in [1.165, 1.54) is 5.56 Å². The number of anilines is 3. The Morgan fingerprint density at radius 3 is 1.87 bits per heavy atom. The summed E-state index contributed by atoms with van der Waals surface area (Å²) in [7, 11) is 0. The molecule has 5 aromatic carbocycles. The van der Waals surface area contributed by atoms with Gasteiger partial charge in [0.2, 0.25) is 0 Å². The van der Waals surface area contributed by atoms with Gasteiger partial charge in [-0.15, -0.1) is 29.3 Å². The molecule has 0 saturated carbocycles. The maximum Gasteiger partial charge on any atom is 0.136 e. The van der Waals surface area contributed by atoms with Gasteiger partial charge in [-0.2, -0.15) is 0 Å². The maximum atomic E-state index is 11.4. The molecule has 7 aromatic rings. The normalized spacial score (nSPS) is 11.5. The van der Waals surface area contributed by atoms with Gasteiger partial charge in [-0.1, -0.05) is 132 Å². The summed E-state index contributed by atoms with van der Waals surface area (Å²) >= 11 is 0. The molecule has 0 unspecified atom stereocenters. The van der Waals surface area contributed by atoms with Crippen molar-refractivity contribution in [3.8, 4) is 39.4 Å². The molecule has 1 N–H and O–H groups in total. The van der Waals surface area contributed by atoms with Crippen LogP contribution in [0.5, 0.6) is 5.75 Å². The number of aromatic nitrogens is 2. The van der Waals surface area contributed by atoms with E-state index >= 15 is 0 Å². The summed E-state index contributed by atoms with van der Waals surface area (Å²) in [5, 5.41) is 11.4. The first-order valence-electron chi connectivity index (χ1n) is 17.4. The second-order valence-electron chi connectivity index (χ2n) is 14.5. The zero-order valence-electron chi connectivity index (χ0n) is 30.1. The number of benzene rings is 5. The van der Waals surface area contributed by atoms with Gasteiger partial charge in [0.25, 0.3) is 0 Å². The molecule has 262 valence electrons. The van der Waals surface area contributed by atoms with Gasteiger partial charge in [-0.3, -0.25) is 4.98 Å². The van der Waals surface area contributed by atoms with Gasteiger partial charge in [-0.25, -0.2) is 4.98 Å². The van der Waals surface area contributed by atoms with Crippen LogP contribution >= 0.6 is 0 Å². The van der Waals surface area contributed by atoms with E-state index in [1.807, 2.05) is 72.9 Å². The molecule has 0 aliphatic rings. The predicted octanol–water partition coefficient (Wildman–Crippen LogP) is 12.1. The largest absolute Gasteiger partial charge is 0.507 e. The smallest absolute Gasteiger partial charge is 0.136 e. The second kappa shape index (κ2) is 15.1. The molecule has 0 bridgehead atoms.